The van der Waals surface area contributed by atoms with E-state index in [0.717, 1.165) is 45.1 Å². The highest BCUT2D eigenvalue weighted by Gasteiger charge is 2.31. The average Bonchev–Trinajstić information content (AvgIpc) is 2.48. The van der Waals surface area contributed by atoms with Gasteiger partial charge in [0.2, 0.25) is 5.91 Å². The van der Waals surface area contributed by atoms with Gasteiger partial charge in [-0.25, -0.2) is 4.79 Å². The molecule has 6 nitrogen and oxygen atoms in total. The van der Waals surface area contributed by atoms with Gasteiger partial charge in [0.1, 0.15) is 0 Å². The minimum absolute atomic E-state index is 0.00703. The Kier molecular flexibility index (Phi) is 5.85. The highest BCUT2D eigenvalue weighted by Crippen LogP contribution is 2.26. The summed E-state index contributed by atoms with van der Waals surface area (Å²) in [5, 5.41) is 2.84. The Bertz CT molecular complexity index is 367. The van der Waals surface area contributed by atoms with Crippen molar-refractivity contribution >= 4 is 12.0 Å². The number of piperidine rings is 1. The fraction of sp³-hybridized carbons (Fsp3) is 0.867. The predicted octanol–water partition coefficient (Wildman–Crippen LogP) is 1.24. The van der Waals surface area contributed by atoms with Crippen molar-refractivity contribution in [3.05, 3.63) is 0 Å². The fourth-order valence-corrected chi connectivity index (χ4v) is 3.26. The Morgan fingerprint density at radius 2 is 1.95 bits per heavy atom. The smallest absolute Gasteiger partial charge is 0.407 e. The first-order chi connectivity index (χ1) is 10.1. The number of ether oxygens (including phenoxy) is 1. The van der Waals surface area contributed by atoms with Gasteiger partial charge in [0, 0.05) is 31.1 Å². The molecule has 1 aliphatic heterocycles. The summed E-state index contributed by atoms with van der Waals surface area (Å²) in [4.78, 5) is 25.9. The van der Waals surface area contributed by atoms with Crippen LogP contribution >= 0.6 is 0 Å². The Labute approximate surface area is 126 Å². The molecule has 2 rings (SSSR count). The van der Waals surface area contributed by atoms with Crippen molar-refractivity contribution in [1.82, 2.24) is 10.2 Å². The van der Waals surface area contributed by atoms with Crippen LogP contribution in [0.3, 0.4) is 0 Å². The van der Waals surface area contributed by atoms with Crippen molar-refractivity contribution in [2.24, 2.45) is 11.7 Å². The third-order valence-electron chi connectivity index (χ3n) is 4.45. The molecule has 2 aliphatic rings. The molecule has 1 heterocycles. The molecule has 1 aliphatic carbocycles. The van der Waals surface area contributed by atoms with E-state index in [4.69, 9.17) is 10.5 Å². The first-order valence-corrected chi connectivity index (χ1v) is 8.07. The van der Waals surface area contributed by atoms with Gasteiger partial charge < -0.3 is 20.7 Å². The number of hydrogen-bond donors (Lipinski definition) is 2. The lowest BCUT2D eigenvalue weighted by molar-refractivity contribution is -0.138. The summed E-state index contributed by atoms with van der Waals surface area (Å²) in [5.74, 6) is 0.350. The molecule has 0 aromatic carbocycles. The van der Waals surface area contributed by atoms with Crippen molar-refractivity contribution in [2.45, 2.75) is 57.5 Å². The van der Waals surface area contributed by atoms with Crippen LogP contribution < -0.4 is 11.1 Å². The number of carbonyl (C=O) groups is 2. The van der Waals surface area contributed by atoms with Gasteiger partial charge in [0.25, 0.3) is 0 Å². The Balaban J connectivity index is 1.82. The maximum absolute atomic E-state index is 12.6. The highest BCUT2D eigenvalue weighted by molar-refractivity contribution is 5.79. The van der Waals surface area contributed by atoms with Crippen molar-refractivity contribution in [1.29, 1.82) is 0 Å². The maximum atomic E-state index is 12.6. The molecule has 120 valence electrons. The van der Waals surface area contributed by atoms with Crippen molar-refractivity contribution in [3.63, 3.8) is 0 Å². The summed E-state index contributed by atoms with van der Waals surface area (Å²) >= 11 is 0. The summed E-state index contributed by atoms with van der Waals surface area (Å²) in [6.07, 6.45) is 5.11. The molecule has 1 saturated carbocycles. The van der Waals surface area contributed by atoms with Gasteiger partial charge in [0.15, 0.2) is 0 Å². The van der Waals surface area contributed by atoms with Gasteiger partial charge in [-0.15, -0.1) is 0 Å². The zero-order valence-corrected chi connectivity index (χ0v) is 12.8. The van der Waals surface area contributed by atoms with Gasteiger partial charge in [-0.05, 0) is 45.4 Å². The van der Waals surface area contributed by atoms with Crippen LogP contribution in [0.5, 0.6) is 0 Å². The molecule has 0 spiro atoms. The van der Waals surface area contributed by atoms with Gasteiger partial charge >= 0.3 is 6.09 Å². The number of carbonyl (C=O) groups excluding carboxylic acids is 2. The van der Waals surface area contributed by atoms with E-state index in [9.17, 15) is 9.59 Å². The monoisotopic (exact) mass is 297 g/mol. The van der Waals surface area contributed by atoms with Crippen LogP contribution in [0.1, 0.15) is 45.4 Å². The molecule has 1 unspecified atom stereocenters. The van der Waals surface area contributed by atoms with E-state index in [-0.39, 0.29) is 30.0 Å². The molecular weight excluding hydrogens is 270 g/mol. The van der Waals surface area contributed by atoms with Crippen LogP contribution in [0, 0.1) is 5.92 Å². The zero-order valence-electron chi connectivity index (χ0n) is 12.8. The molecule has 0 aromatic heterocycles. The number of alkyl carbamates (subject to hydrolysis) is 1. The molecule has 0 radical (unpaired) electrons. The minimum atomic E-state index is -0.388. The van der Waals surface area contributed by atoms with Crippen molar-refractivity contribution < 1.29 is 14.3 Å². The number of nitrogens with two attached hydrogens (primary N) is 1. The van der Waals surface area contributed by atoms with Crippen LogP contribution in [0.25, 0.3) is 0 Å². The normalized spacial score (nSPS) is 29.8. The standard InChI is InChI=1S/C15H27N3O3/c1-2-21-15(20)17-13-4-3-9-18(10-13)14(19)11-5-7-12(16)8-6-11/h11-13H,2-10,16H2,1H3,(H,17,20). The Morgan fingerprint density at radius 1 is 1.24 bits per heavy atom. The van der Waals surface area contributed by atoms with E-state index in [2.05, 4.69) is 5.32 Å². The molecule has 2 fully saturated rings. The van der Waals surface area contributed by atoms with Gasteiger partial charge in [-0.3, -0.25) is 4.79 Å². The molecular formula is C15H27N3O3. The quantitative estimate of drug-likeness (QED) is 0.821. The van der Waals surface area contributed by atoms with Gasteiger partial charge in [-0.2, -0.15) is 0 Å². The van der Waals surface area contributed by atoms with Crippen molar-refractivity contribution in [2.75, 3.05) is 19.7 Å². The lowest BCUT2D eigenvalue weighted by atomic mass is 9.85. The topological polar surface area (TPSA) is 84.7 Å². The Hall–Kier alpha value is -1.30. The van der Waals surface area contributed by atoms with Gasteiger partial charge in [0.05, 0.1) is 6.61 Å². The summed E-state index contributed by atoms with van der Waals surface area (Å²) in [7, 11) is 0. The predicted molar refractivity (Wildman–Crippen MR) is 79.7 cm³/mol. The van der Waals surface area contributed by atoms with E-state index >= 15 is 0 Å². The van der Waals surface area contributed by atoms with E-state index in [1.165, 1.54) is 0 Å². The second-order valence-corrected chi connectivity index (χ2v) is 6.10. The van der Waals surface area contributed by atoms with Gasteiger partial charge in [-0.1, -0.05) is 0 Å². The van der Waals surface area contributed by atoms with E-state index in [1.54, 1.807) is 6.92 Å². The maximum Gasteiger partial charge on any atom is 0.407 e. The summed E-state index contributed by atoms with van der Waals surface area (Å²) in [6, 6.07) is 0.265. The van der Waals surface area contributed by atoms with Crippen LogP contribution in [0.4, 0.5) is 4.79 Å². The highest BCUT2D eigenvalue weighted by atomic mass is 16.5. The number of amides is 2. The summed E-state index contributed by atoms with van der Waals surface area (Å²) in [5.41, 5.74) is 5.89. The lowest BCUT2D eigenvalue weighted by Crippen LogP contribution is -2.51. The summed E-state index contributed by atoms with van der Waals surface area (Å²) < 4.78 is 4.90. The SMILES string of the molecule is CCOC(=O)NC1CCCN(C(=O)C2CCC(N)CC2)C1. The molecule has 0 bridgehead atoms. The second-order valence-electron chi connectivity index (χ2n) is 6.10. The summed E-state index contributed by atoms with van der Waals surface area (Å²) in [6.45, 7) is 3.54. The van der Waals surface area contributed by atoms with E-state index in [0.29, 0.717) is 13.2 Å². The molecule has 1 saturated heterocycles. The molecule has 21 heavy (non-hydrogen) atoms. The number of nitrogens with zero attached hydrogens (tertiary/aromatic N) is 1. The first-order valence-electron chi connectivity index (χ1n) is 8.07. The lowest BCUT2D eigenvalue weighted by Gasteiger charge is -2.36. The molecule has 1 atom stereocenters. The number of nitrogens with one attached hydrogen (secondary N) is 1. The van der Waals surface area contributed by atoms with Crippen LogP contribution in [-0.4, -0.2) is 48.7 Å². The van der Waals surface area contributed by atoms with Crippen molar-refractivity contribution in [3.8, 4) is 0 Å². The molecule has 2 amide bonds. The zero-order chi connectivity index (χ0) is 15.2. The molecule has 3 N–H and O–H groups in total. The fourth-order valence-electron chi connectivity index (χ4n) is 3.26. The largest absolute Gasteiger partial charge is 0.450 e. The van der Waals surface area contributed by atoms with Crippen LogP contribution in [-0.2, 0) is 9.53 Å². The van der Waals surface area contributed by atoms with E-state index in [1.807, 2.05) is 4.90 Å². The Morgan fingerprint density at radius 3 is 2.62 bits per heavy atom. The molecule has 6 heteroatoms. The van der Waals surface area contributed by atoms with Crippen LogP contribution in [0.15, 0.2) is 0 Å². The number of rotatable bonds is 3. The van der Waals surface area contributed by atoms with E-state index < -0.39 is 0 Å². The first kappa shape index (κ1) is 16.1. The third kappa shape index (κ3) is 4.59. The number of likely N-dealkylation sites (tertiary alicyclic amines) is 1. The third-order valence-corrected chi connectivity index (χ3v) is 4.45. The average molecular weight is 297 g/mol. The second kappa shape index (κ2) is 7.64. The van der Waals surface area contributed by atoms with Crippen LogP contribution in [0.2, 0.25) is 0 Å². The molecule has 0 aromatic rings. The number of hydrogen-bond acceptors (Lipinski definition) is 4. The minimum Gasteiger partial charge on any atom is -0.450 e.